The van der Waals surface area contributed by atoms with Crippen LogP contribution in [-0.2, 0) is 6.18 Å². The largest absolute Gasteiger partial charge is 0.416 e. The molecule has 0 spiro atoms. The average Bonchev–Trinajstić information content (AvgIpc) is 2.45. The zero-order valence-corrected chi connectivity index (χ0v) is 13.2. The van der Waals surface area contributed by atoms with Crippen LogP contribution in [0.5, 0.6) is 0 Å². The van der Waals surface area contributed by atoms with Gasteiger partial charge in [-0.25, -0.2) is 0 Å². The summed E-state index contributed by atoms with van der Waals surface area (Å²) in [5.74, 6) is 0.161. The molecule has 0 aliphatic rings. The Kier molecular flexibility index (Phi) is 5.35. The molecule has 0 saturated heterocycles. The fourth-order valence-corrected chi connectivity index (χ4v) is 2.96. The maximum Gasteiger partial charge on any atom is 0.416 e. The first kappa shape index (κ1) is 16.4. The van der Waals surface area contributed by atoms with Crippen LogP contribution < -0.4 is 0 Å². The minimum absolute atomic E-state index is 0.0883. The van der Waals surface area contributed by atoms with Gasteiger partial charge in [0.1, 0.15) is 0 Å². The lowest BCUT2D eigenvalue weighted by Crippen LogP contribution is -2.13. The number of rotatable bonds is 4. The van der Waals surface area contributed by atoms with Gasteiger partial charge in [-0.1, -0.05) is 34.1 Å². The van der Waals surface area contributed by atoms with E-state index in [-0.39, 0.29) is 11.3 Å². The van der Waals surface area contributed by atoms with Crippen molar-refractivity contribution in [1.29, 1.82) is 0 Å². The Morgan fingerprint density at radius 3 is 2.29 bits per heavy atom. The summed E-state index contributed by atoms with van der Waals surface area (Å²) in [6, 6.07) is 12.5. The number of thioether (sulfide) groups is 1. The van der Waals surface area contributed by atoms with Gasteiger partial charge >= 0.3 is 6.18 Å². The summed E-state index contributed by atoms with van der Waals surface area (Å²) in [5.41, 5.74) is -0.872. The molecule has 0 fully saturated rings. The summed E-state index contributed by atoms with van der Waals surface area (Å²) in [6.07, 6.45) is -5.63. The third-order valence-corrected chi connectivity index (χ3v) is 4.46. The van der Waals surface area contributed by atoms with Crippen molar-refractivity contribution in [2.45, 2.75) is 17.2 Å². The van der Waals surface area contributed by atoms with Gasteiger partial charge in [0.2, 0.25) is 0 Å². The SMILES string of the molecule is OC(CSc1ccc(Br)cc1)c1ccccc1C(F)(F)F. The van der Waals surface area contributed by atoms with Gasteiger partial charge < -0.3 is 5.11 Å². The van der Waals surface area contributed by atoms with Crippen molar-refractivity contribution in [3.8, 4) is 0 Å². The first-order valence-corrected chi connectivity index (χ1v) is 7.88. The van der Waals surface area contributed by atoms with Crippen LogP contribution in [0.15, 0.2) is 57.9 Å². The lowest BCUT2D eigenvalue weighted by Gasteiger charge is -2.17. The third-order valence-electron chi connectivity index (χ3n) is 2.85. The van der Waals surface area contributed by atoms with E-state index >= 15 is 0 Å². The molecular formula is C15H12BrF3OS. The van der Waals surface area contributed by atoms with Crippen LogP contribution in [0.25, 0.3) is 0 Å². The monoisotopic (exact) mass is 376 g/mol. The second-order valence-electron chi connectivity index (χ2n) is 4.37. The van der Waals surface area contributed by atoms with Crippen molar-refractivity contribution in [1.82, 2.24) is 0 Å². The molecule has 1 atom stereocenters. The van der Waals surface area contributed by atoms with Gasteiger partial charge in [-0.3, -0.25) is 0 Å². The highest BCUT2D eigenvalue weighted by Crippen LogP contribution is 2.36. The van der Waals surface area contributed by atoms with E-state index in [2.05, 4.69) is 15.9 Å². The molecule has 0 bridgehead atoms. The molecule has 1 nitrogen and oxygen atoms in total. The molecule has 2 aromatic rings. The van der Waals surface area contributed by atoms with Crippen LogP contribution in [0.2, 0.25) is 0 Å². The van der Waals surface area contributed by atoms with E-state index in [0.29, 0.717) is 0 Å². The van der Waals surface area contributed by atoms with Gasteiger partial charge in [0.05, 0.1) is 11.7 Å². The van der Waals surface area contributed by atoms with Gasteiger partial charge in [-0.2, -0.15) is 13.2 Å². The van der Waals surface area contributed by atoms with E-state index < -0.39 is 17.8 Å². The summed E-state index contributed by atoms with van der Waals surface area (Å²) in [7, 11) is 0. The van der Waals surface area contributed by atoms with E-state index in [9.17, 15) is 18.3 Å². The van der Waals surface area contributed by atoms with Gasteiger partial charge in [0.15, 0.2) is 0 Å². The van der Waals surface area contributed by atoms with Crippen LogP contribution in [0.4, 0.5) is 13.2 Å². The fourth-order valence-electron chi connectivity index (χ4n) is 1.84. The second kappa shape index (κ2) is 6.85. The molecule has 6 heteroatoms. The summed E-state index contributed by atoms with van der Waals surface area (Å²) in [6.45, 7) is 0. The van der Waals surface area contributed by atoms with Crippen molar-refractivity contribution in [3.63, 3.8) is 0 Å². The first-order chi connectivity index (χ1) is 9.88. The summed E-state index contributed by atoms with van der Waals surface area (Å²) >= 11 is 4.62. The van der Waals surface area contributed by atoms with Crippen LogP contribution in [-0.4, -0.2) is 10.9 Å². The highest BCUT2D eigenvalue weighted by Gasteiger charge is 2.34. The Hall–Kier alpha value is -0.980. The normalized spacial score (nSPS) is 13.2. The van der Waals surface area contributed by atoms with E-state index in [4.69, 9.17) is 0 Å². The van der Waals surface area contributed by atoms with Crippen LogP contribution >= 0.6 is 27.7 Å². The van der Waals surface area contributed by atoms with E-state index in [0.717, 1.165) is 15.4 Å². The predicted molar refractivity (Wildman–Crippen MR) is 81.3 cm³/mol. The minimum Gasteiger partial charge on any atom is -0.388 e. The molecule has 0 saturated carbocycles. The Balaban J connectivity index is 2.10. The topological polar surface area (TPSA) is 20.2 Å². The zero-order valence-electron chi connectivity index (χ0n) is 10.8. The number of aliphatic hydroxyl groups is 1. The lowest BCUT2D eigenvalue weighted by atomic mass is 10.0. The van der Waals surface area contributed by atoms with E-state index in [1.807, 2.05) is 24.3 Å². The molecule has 1 N–H and O–H groups in total. The summed E-state index contributed by atoms with van der Waals surface area (Å²) in [5, 5.41) is 10.1. The maximum absolute atomic E-state index is 12.9. The number of benzene rings is 2. The van der Waals surface area contributed by atoms with E-state index in [1.54, 1.807) is 0 Å². The molecular weight excluding hydrogens is 365 g/mol. The smallest absolute Gasteiger partial charge is 0.388 e. The molecule has 0 radical (unpaired) electrons. The third kappa shape index (κ3) is 4.49. The number of hydrogen-bond donors (Lipinski definition) is 1. The number of aliphatic hydroxyl groups excluding tert-OH is 1. The second-order valence-corrected chi connectivity index (χ2v) is 6.37. The van der Waals surface area contributed by atoms with Gasteiger partial charge in [0.25, 0.3) is 0 Å². The molecule has 0 aliphatic carbocycles. The van der Waals surface area contributed by atoms with Crippen molar-refractivity contribution >= 4 is 27.7 Å². The molecule has 0 aliphatic heterocycles. The van der Waals surface area contributed by atoms with Gasteiger partial charge in [-0.15, -0.1) is 11.8 Å². The Bertz CT molecular complexity index is 599. The molecule has 21 heavy (non-hydrogen) atoms. The van der Waals surface area contributed by atoms with Crippen LogP contribution in [0, 0.1) is 0 Å². The molecule has 2 rings (SSSR count). The molecule has 112 valence electrons. The Morgan fingerprint density at radius 1 is 1.05 bits per heavy atom. The Morgan fingerprint density at radius 2 is 1.67 bits per heavy atom. The van der Waals surface area contributed by atoms with E-state index in [1.165, 1.54) is 30.0 Å². The van der Waals surface area contributed by atoms with Gasteiger partial charge in [-0.05, 0) is 35.9 Å². The highest BCUT2D eigenvalue weighted by molar-refractivity contribution is 9.10. The number of hydrogen-bond acceptors (Lipinski definition) is 2. The number of alkyl halides is 3. The fraction of sp³-hybridized carbons (Fsp3) is 0.200. The molecule has 0 amide bonds. The number of halogens is 4. The molecule has 0 heterocycles. The van der Waals surface area contributed by atoms with Crippen molar-refractivity contribution in [2.24, 2.45) is 0 Å². The molecule has 2 aromatic carbocycles. The van der Waals surface area contributed by atoms with Crippen LogP contribution in [0.3, 0.4) is 0 Å². The van der Waals surface area contributed by atoms with Crippen LogP contribution in [0.1, 0.15) is 17.2 Å². The molecule has 1 unspecified atom stereocenters. The summed E-state index contributed by atoms with van der Waals surface area (Å²) < 4.78 is 39.6. The first-order valence-electron chi connectivity index (χ1n) is 6.10. The zero-order chi connectivity index (χ0) is 15.5. The highest BCUT2D eigenvalue weighted by atomic mass is 79.9. The van der Waals surface area contributed by atoms with Crippen molar-refractivity contribution in [2.75, 3.05) is 5.75 Å². The van der Waals surface area contributed by atoms with Crippen molar-refractivity contribution in [3.05, 3.63) is 64.1 Å². The molecule has 0 aromatic heterocycles. The standard InChI is InChI=1S/C15H12BrF3OS/c16-10-5-7-11(8-6-10)21-9-14(20)12-3-1-2-4-13(12)15(17,18)19/h1-8,14,20H,9H2. The maximum atomic E-state index is 12.9. The Labute approximate surface area is 133 Å². The summed E-state index contributed by atoms with van der Waals surface area (Å²) in [4.78, 5) is 0.890. The minimum atomic E-state index is -4.46. The van der Waals surface area contributed by atoms with Gasteiger partial charge in [0, 0.05) is 15.1 Å². The quantitative estimate of drug-likeness (QED) is 0.731. The predicted octanol–water partition coefficient (Wildman–Crippen LogP) is 5.29. The average molecular weight is 377 g/mol. The lowest BCUT2D eigenvalue weighted by molar-refractivity contribution is -0.139. The van der Waals surface area contributed by atoms with Crippen molar-refractivity contribution < 1.29 is 18.3 Å².